The normalized spacial score (nSPS) is 26.2. The molecule has 2 fully saturated rings. The summed E-state index contributed by atoms with van der Waals surface area (Å²) in [4.78, 5) is 38.5. The van der Waals surface area contributed by atoms with E-state index in [4.69, 9.17) is 14.2 Å². The van der Waals surface area contributed by atoms with Crippen molar-refractivity contribution < 1.29 is 36.1 Å². The lowest BCUT2D eigenvalue weighted by atomic mass is 9.78. The number of nitriles is 1. The third-order valence-corrected chi connectivity index (χ3v) is 11.6. The summed E-state index contributed by atoms with van der Waals surface area (Å²) in [6.07, 6.45) is -0.657. The predicted molar refractivity (Wildman–Crippen MR) is 175 cm³/mol. The van der Waals surface area contributed by atoms with Crippen molar-refractivity contribution in [1.29, 1.82) is 5.26 Å². The van der Waals surface area contributed by atoms with E-state index in [2.05, 4.69) is 21.3 Å². The van der Waals surface area contributed by atoms with Gasteiger partial charge < -0.3 is 24.4 Å². The Hall–Kier alpha value is -4.55. The quantitative estimate of drug-likeness (QED) is 0.349. The number of ether oxygens (including phenoxy) is 3. The van der Waals surface area contributed by atoms with Crippen molar-refractivity contribution in [1.82, 2.24) is 14.8 Å². The highest BCUT2D eigenvalue weighted by atomic mass is 32.2. The second-order valence-electron chi connectivity index (χ2n) is 12.1. The summed E-state index contributed by atoms with van der Waals surface area (Å²) in [6, 6.07) is 17.8. The molecule has 48 heavy (non-hydrogen) atoms. The molecule has 1 aromatic heterocycles. The van der Waals surface area contributed by atoms with E-state index in [1.165, 1.54) is 31.5 Å². The molecule has 2 amide bonds. The number of sulfonamides is 1. The Bertz CT molecular complexity index is 1840. The van der Waals surface area contributed by atoms with Crippen LogP contribution in [0.15, 0.2) is 71.8 Å². The predicted octanol–water partition coefficient (Wildman–Crippen LogP) is 3.38. The first-order valence-corrected chi connectivity index (χ1v) is 17.4. The first kappa shape index (κ1) is 33.4. The number of methoxy groups -OCH3 is 1. The van der Waals surface area contributed by atoms with E-state index >= 15 is 13.2 Å². The fourth-order valence-electron chi connectivity index (χ4n) is 7.04. The molecule has 0 saturated carbocycles. The Balaban J connectivity index is 1.57. The van der Waals surface area contributed by atoms with Gasteiger partial charge in [-0.1, -0.05) is 40.3 Å². The number of fused-ring (bicyclic) bond motifs is 1. The molecular weight excluding hydrogens is 636 g/mol. The van der Waals surface area contributed by atoms with E-state index in [-0.39, 0.29) is 29.7 Å². The van der Waals surface area contributed by atoms with Gasteiger partial charge in [-0.15, -0.1) is 0 Å². The fourth-order valence-corrected chi connectivity index (χ4v) is 8.98. The van der Waals surface area contributed by atoms with Crippen molar-refractivity contribution in [2.24, 2.45) is 5.92 Å². The smallest absolute Gasteiger partial charge is 0.495 e. The van der Waals surface area contributed by atoms with Gasteiger partial charge in [-0.25, -0.2) is 9.78 Å². The molecule has 0 spiro atoms. The monoisotopic (exact) mass is 675 g/mol. The largest absolute Gasteiger partial charge is 0.540 e. The van der Waals surface area contributed by atoms with E-state index in [1.807, 2.05) is 24.1 Å². The van der Waals surface area contributed by atoms with Gasteiger partial charge in [-0.3, -0.25) is 4.90 Å². The number of piperidine rings is 1. The second-order valence-corrected chi connectivity index (χ2v) is 14.1. The molecule has 3 aliphatic rings. The van der Waals surface area contributed by atoms with Crippen LogP contribution >= 0.6 is 0 Å². The number of amides is 2. The summed E-state index contributed by atoms with van der Waals surface area (Å²) in [7, 11) is -1.68. The van der Waals surface area contributed by atoms with E-state index in [9.17, 15) is 10.1 Å². The third-order valence-electron chi connectivity index (χ3n) is 9.45. The van der Waals surface area contributed by atoms with Crippen LogP contribution in [0.4, 0.5) is 10.5 Å². The summed E-state index contributed by atoms with van der Waals surface area (Å²) in [5.74, 6) is -3.27. The van der Waals surface area contributed by atoms with Crippen molar-refractivity contribution in [3.63, 3.8) is 0 Å². The number of pyridine rings is 1. The Morgan fingerprint density at radius 1 is 1.06 bits per heavy atom. The van der Waals surface area contributed by atoms with Gasteiger partial charge in [0.1, 0.15) is 24.1 Å². The van der Waals surface area contributed by atoms with Crippen molar-refractivity contribution in [2.45, 2.75) is 29.9 Å². The molecule has 0 bridgehead atoms. The third kappa shape index (κ3) is 5.56. The van der Waals surface area contributed by atoms with Crippen LogP contribution in [0, 0.1) is 17.2 Å². The van der Waals surface area contributed by atoms with Gasteiger partial charge >= 0.3 is 22.0 Å². The fraction of sp³-hybridized carbons (Fsp3) is 0.412. The molecular formula is C34H39N6O7S+. The topological polar surface area (TPSA) is 151 Å². The summed E-state index contributed by atoms with van der Waals surface area (Å²) in [5, 5.41) is 14.0. The van der Waals surface area contributed by atoms with Crippen molar-refractivity contribution in [2.75, 3.05) is 65.3 Å². The molecule has 2 aromatic carbocycles. The number of carbonyl (C=O) groups is 2. The number of piperazine rings is 1. The Labute approximate surface area is 280 Å². The zero-order valence-corrected chi connectivity index (χ0v) is 27.9. The number of para-hydroxylation sites is 2. The minimum absolute atomic E-state index is 0.0499. The van der Waals surface area contributed by atoms with E-state index in [1.54, 1.807) is 37.3 Å². The Morgan fingerprint density at radius 2 is 1.77 bits per heavy atom. The molecule has 4 heterocycles. The first-order chi connectivity index (χ1) is 23.2. The average Bonchev–Trinajstić information content (AvgIpc) is 3.51. The molecule has 5 atom stereocenters. The van der Waals surface area contributed by atoms with Crippen LogP contribution in [0.2, 0.25) is 0 Å². The summed E-state index contributed by atoms with van der Waals surface area (Å²) in [6.45, 7) is 3.93. The number of benzene rings is 2. The number of nitrogens with zero attached hydrogens (tertiary/aromatic N) is 5. The van der Waals surface area contributed by atoms with Gasteiger partial charge in [0.2, 0.25) is 5.88 Å². The summed E-state index contributed by atoms with van der Waals surface area (Å²) in [5.41, 5.74) is 1.68. The number of rotatable bonds is 8. The molecule has 14 heteroatoms. The SMILES string of the molecule is CCOc1ncccc1C1C(=O)[N+](C(=O)OC2CNc3ccccc32)(S(=O)(=O)c2ccccc2OC)CC(C#N)C1N1CCN(C)CC1. The minimum atomic E-state index is -4.98. The van der Waals surface area contributed by atoms with Gasteiger partial charge in [-0.2, -0.15) is 18.5 Å². The number of quaternary nitrogens is 1. The van der Waals surface area contributed by atoms with Crippen LogP contribution in [0.5, 0.6) is 11.6 Å². The molecule has 3 aliphatic heterocycles. The molecule has 13 nitrogen and oxygen atoms in total. The number of hydrogen-bond acceptors (Lipinski definition) is 12. The Kier molecular flexibility index (Phi) is 9.39. The highest BCUT2D eigenvalue weighted by molar-refractivity contribution is 7.86. The number of nitrogens with one attached hydrogen (secondary N) is 1. The zero-order chi connectivity index (χ0) is 34.1. The molecule has 2 saturated heterocycles. The lowest BCUT2D eigenvalue weighted by molar-refractivity contribution is -0.665. The van der Waals surface area contributed by atoms with Gasteiger partial charge in [-0.05, 0) is 38.2 Å². The molecule has 0 aliphatic carbocycles. The molecule has 5 unspecified atom stereocenters. The van der Waals surface area contributed by atoms with Crippen LogP contribution < -0.4 is 14.8 Å². The van der Waals surface area contributed by atoms with Crippen molar-refractivity contribution >= 4 is 27.7 Å². The Morgan fingerprint density at radius 3 is 2.50 bits per heavy atom. The molecule has 252 valence electrons. The van der Waals surface area contributed by atoms with E-state index < -0.39 is 56.4 Å². The first-order valence-electron chi connectivity index (χ1n) is 15.9. The average molecular weight is 676 g/mol. The van der Waals surface area contributed by atoms with E-state index in [0.717, 1.165) is 5.69 Å². The molecule has 1 N–H and O–H groups in total. The van der Waals surface area contributed by atoms with Crippen molar-refractivity contribution in [3.8, 4) is 17.7 Å². The van der Waals surface area contributed by atoms with Crippen LogP contribution in [-0.4, -0.2) is 105 Å². The standard InChI is InChI=1S/C34H39N6O7S/c1-4-46-32-25(11-9-15-36-32)30-31(39-18-16-38(2)17-19-39)23(20-35)22-40(33(30)41,48(43,44)29-14-8-7-13-27(29)45-3)34(42)47-28-21-37-26-12-6-5-10-24(26)28/h5-15,23,28,30-31,37H,4,16-19,21-22H2,1-3H3/q+1. The number of likely N-dealkylation sites (N-methyl/N-ethyl adjacent to an activating group) is 1. The van der Waals surface area contributed by atoms with Crippen LogP contribution in [0.1, 0.15) is 30.1 Å². The maximum absolute atomic E-state index is 15.5. The van der Waals surface area contributed by atoms with E-state index in [0.29, 0.717) is 37.3 Å². The maximum atomic E-state index is 15.5. The lowest BCUT2D eigenvalue weighted by Crippen LogP contribution is -2.71. The minimum Gasteiger partial charge on any atom is -0.495 e. The zero-order valence-electron chi connectivity index (χ0n) is 27.1. The van der Waals surface area contributed by atoms with Gasteiger partial charge in [0.05, 0.1) is 32.4 Å². The van der Waals surface area contributed by atoms with Gasteiger partial charge in [0, 0.05) is 49.2 Å². The maximum Gasteiger partial charge on any atom is 0.540 e. The number of carbonyl (C=O) groups excluding carboxylic acids is 2. The number of likely N-dealkylation sites (tertiary alicyclic amines) is 1. The highest BCUT2D eigenvalue weighted by Crippen LogP contribution is 2.47. The van der Waals surface area contributed by atoms with Crippen LogP contribution in [0.3, 0.4) is 0 Å². The van der Waals surface area contributed by atoms with Crippen LogP contribution in [0.25, 0.3) is 0 Å². The number of imide groups is 1. The molecule has 3 aromatic rings. The number of aromatic nitrogens is 1. The molecule has 0 radical (unpaired) electrons. The number of hydrogen-bond donors (Lipinski definition) is 1. The second kappa shape index (κ2) is 13.5. The van der Waals surface area contributed by atoms with Gasteiger partial charge in [0.25, 0.3) is 0 Å². The van der Waals surface area contributed by atoms with Gasteiger partial charge in [0.15, 0.2) is 11.0 Å². The van der Waals surface area contributed by atoms with Crippen LogP contribution in [-0.2, 0) is 19.6 Å². The highest BCUT2D eigenvalue weighted by Gasteiger charge is 2.69. The summed E-state index contributed by atoms with van der Waals surface area (Å²) >= 11 is 0. The summed E-state index contributed by atoms with van der Waals surface area (Å²) < 4.78 is 45.8. The van der Waals surface area contributed by atoms with Crippen molar-refractivity contribution in [3.05, 3.63) is 78.0 Å². The number of anilines is 1. The molecule has 6 rings (SSSR count). The lowest BCUT2D eigenvalue weighted by Gasteiger charge is -2.48.